The third-order valence-electron chi connectivity index (χ3n) is 3.27. The average Bonchev–Trinajstić information content (AvgIpc) is 2.26. The Bertz CT molecular complexity index is 162. The average molecular weight is 196 g/mol. The van der Waals surface area contributed by atoms with Crippen molar-refractivity contribution in [2.75, 3.05) is 26.2 Å². The summed E-state index contributed by atoms with van der Waals surface area (Å²) in [5.41, 5.74) is 0. The molecule has 1 rings (SSSR count). The van der Waals surface area contributed by atoms with Crippen LogP contribution >= 0.6 is 0 Å². The summed E-state index contributed by atoms with van der Waals surface area (Å²) in [4.78, 5) is 2.52. The highest BCUT2D eigenvalue weighted by Crippen LogP contribution is 2.15. The van der Waals surface area contributed by atoms with Crippen molar-refractivity contribution < 1.29 is 0 Å². The zero-order valence-corrected chi connectivity index (χ0v) is 9.63. The second kappa shape index (κ2) is 6.20. The third kappa shape index (κ3) is 3.43. The minimum absolute atomic E-state index is 0.523. The van der Waals surface area contributed by atoms with Crippen molar-refractivity contribution >= 4 is 0 Å². The highest BCUT2D eigenvalue weighted by Gasteiger charge is 2.17. The van der Waals surface area contributed by atoms with Crippen molar-refractivity contribution in [3.8, 4) is 0 Å². The van der Waals surface area contributed by atoms with Crippen molar-refractivity contribution in [2.24, 2.45) is 5.92 Å². The minimum Gasteiger partial charge on any atom is -0.317 e. The Labute approximate surface area is 88.4 Å². The molecule has 0 aliphatic carbocycles. The Morgan fingerprint density at radius 1 is 1.50 bits per heavy atom. The molecular weight excluding hydrogens is 172 g/mol. The van der Waals surface area contributed by atoms with Gasteiger partial charge in [-0.25, -0.2) is 0 Å². The van der Waals surface area contributed by atoms with Crippen LogP contribution < -0.4 is 5.32 Å². The molecule has 1 N–H and O–H groups in total. The molecule has 1 heterocycles. The molecule has 82 valence electrons. The zero-order valence-electron chi connectivity index (χ0n) is 9.63. The van der Waals surface area contributed by atoms with Gasteiger partial charge in [0, 0.05) is 12.6 Å². The first kappa shape index (κ1) is 11.7. The normalized spacial score (nSPS) is 21.1. The largest absolute Gasteiger partial charge is 0.317 e. The first-order valence-electron chi connectivity index (χ1n) is 5.85. The minimum atomic E-state index is 0.523. The van der Waals surface area contributed by atoms with Crippen molar-refractivity contribution in [2.45, 2.75) is 32.7 Å². The van der Waals surface area contributed by atoms with Crippen LogP contribution in [0.5, 0.6) is 0 Å². The topological polar surface area (TPSA) is 15.3 Å². The fourth-order valence-electron chi connectivity index (χ4n) is 2.13. The van der Waals surface area contributed by atoms with Crippen molar-refractivity contribution in [1.82, 2.24) is 10.2 Å². The molecule has 2 nitrogen and oxygen atoms in total. The summed E-state index contributed by atoms with van der Waals surface area (Å²) >= 11 is 0. The van der Waals surface area contributed by atoms with Crippen molar-refractivity contribution in [3.05, 3.63) is 12.7 Å². The van der Waals surface area contributed by atoms with Gasteiger partial charge in [-0.2, -0.15) is 0 Å². The van der Waals surface area contributed by atoms with Crippen LogP contribution in [0.15, 0.2) is 12.7 Å². The number of nitrogens with one attached hydrogen (secondary N) is 1. The molecule has 0 aromatic rings. The van der Waals surface area contributed by atoms with E-state index in [1.807, 2.05) is 6.08 Å². The summed E-state index contributed by atoms with van der Waals surface area (Å²) in [5, 5.41) is 3.41. The maximum Gasteiger partial charge on any atom is 0.0247 e. The lowest BCUT2D eigenvalue weighted by Gasteiger charge is -2.32. The molecule has 0 aromatic carbocycles. The summed E-state index contributed by atoms with van der Waals surface area (Å²) in [7, 11) is 0. The lowest BCUT2D eigenvalue weighted by molar-refractivity contribution is 0.191. The van der Waals surface area contributed by atoms with Crippen LogP contribution in [-0.4, -0.2) is 37.1 Å². The molecule has 1 saturated heterocycles. The fourth-order valence-corrected chi connectivity index (χ4v) is 2.13. The Morgan fingerprint density at radius 3 is 2.64 bits per heavy atom. The molecule has 0 saturated carbocycles. The van der Waals surface area contributed by atoms with E-state index in [2.05, 4.69) is 30.6 Å². The number of hydrogen-bond acceptors (Lipinski definition) is 2. The number of piperidine rings is 1. The summed E-state index contributed by atoms with van der Waals surface area (Å²) in [6, 6.07) is 0.523. The van der Waals surface area contributed by atoms with E-state index in [0.717, 1.165) is 12.5 Å². The first-order chi connectivity index (χ1) is 6.77. The standard InChI is InChI=1S/C12H24N2/c1-4-11(3)14(5-2)10-12-6-8-13-9-7-12/h4,11-13H,1,5-10H2,2-3H3. The van der Waals surface area contributed by atoms with Crippen LogP contribution in [0.1, 0.15) is 26.7 Å². The van der Waals surface area contributed by atoms with Crippen molar-refractivity contribution in [3.63, 3.8) is 0 Å². The van der Waals surface area contributed by atoms with Crippen LogP contribution in [0.4, 0.5) is 0 Å². The smallest absolute Gasteiger partial charge is 0.0247 e. The van der Waals surface area contributed by atoms with E-state index < -0.39 is 0 Å². The second-order valence-corrected chi connectivity index (χ2v) is 4.26. The lowest BCUT2D eigenvalue weighted by atomic mass is 9.97. The van der Waals surface area contributed by atoms with E-state index in [1.54, 1.807) is 0 Å². The quantitative estimate of drug-likeness (QED) is 0.675. The summed E-state index contributed by atoms with van der Waals surface area (Å²) in [6.07, 6.45) is 4.71. The highest BCUT2D eigenvalue weighted by atomic mass is 15.1. The summed E-state index contributed by atoms with van der Waals surface area (Å²) in [5.74, 6) is 0.888. The third-order valence-corrected chi connectivity index (χ3v) is 3.27. The van der Waals surface area contributed by atoms with Gasteiger partial charge in [-0.3, -0.25) is 4.90 Å². The second-order valence-electron chi connectivity index (χ2n) is 4.26. The van der Waals surface area contributed by atoms with Gasteiger partial charge in [0.15, 0.2) is 0 Å². The molecule has 0 amide bonds. The molecule has 1 unspecified atom stereocenters. The van der Waals surface area contributed by atoms with Crippen LogP contribution in [0.2, 0.25) is 0 Å². The van der Waals surface area contributed by atoms with E-state index in [0.29, 0.717) is 6.04 Å². The van der Waals surface area contributed by atoms with Gasteiger partial charge in [-0.15, -0.1) is 6.58 Å². The summed E-state index contributed by atoms with van der Waals surface area (Å²) in [6.45, 7) is 13.1. The molecule has 0 aromatic heterocycles. The summed E-state index contributed by atoms with van der Waals surface area (Å²) < 4.78 is 0. The highest BCUT2D eigenvalue weighted by molar-refractivity contribution is 4.85. The Balaban J connectivity index is 2.34. The van der Waals surface area contributed by atoms with Gasteiger partial charge in [-0.1, -0.05) is 13.0 Å². The number of hydrogen-bond donors (Lipinski definition) is 1. The Morgan fingerprint density at radius 2 is 2.14 bits per heavy atom. The molecule has 1 fully saturated rings. The Hall–Kier alpha value is -0.340. The van der Waals surface area contributed by atoms with E-state index in [9.17, 15) is 0 Å². The van der Waals surface area contributed by atoms with E-state index in [1.165, 1.54) is 32.5 Å². The maximum absolute atomic E-state index is 3.87. The zero-order chi connectivity index (χ0) is 10.4. The van der Waals surface area contributed by atoms with Crippen LogP contribution in [0.25, 0.3) is 0 Å². The van der Waals surface area contributed by atoms with E-state index >= 15 is 0 Å². The molecule has 0 radical (unpaired) electrons. The monoisotopic (exact) mass is 196 g/mol. The van der Waals surface area contributed by atoms with E-state index in [-0.39, 0.29) is 0 Å². The van der Waals surface area contributed by atoms with Gasteiger partial charge in [0.1, 0.15) is 0 Å². The maximum atomic E-state index is 3.87. The molecular formula is C12H24N2. The van der Waals surface area contributed by atoms with Crippen LogP contribution in [0.3, 0.4) is 0 Å². The predicted molar refractivity (Wildman–Crippen MR) is 62.5 cm³/mol. The molecule has 1 aliphatic heterocycles. The van der Waals surface area contributed by atoms with Crippen LogP contribution in [0, 0.1) is 5.92 Å². The molecule has 0 bridgehead atoms. The van der Waals surface area contributed by atoms with Gasteiger partial charge in [0.05, 0.1) is 0 Å². The molecule has 1 aliphatic rings. The van der Waals surface area contributed by atoms with Gasteiger partial charge < -0.3 is 5.32 Å². The number of likely N-dealkylation sites (N-methyl/N-ethyl adjacent to an activating group) is 1. The van der Waals surface area contributed by atoms with Gasteiger partial charge in [-0.05, 0) is 45.3 Å². The lowest BCUT2D eigenvalue weighted by Crippen LogP contribution is -2.39. The predicted octanol–water partition coefficient (Wildman–Crippen LogP) is 1.88. The first-order valence-corrected chi connectivity index (χ1v) is 5.85. The SMILES string of the molecule is C=CC(C)N(CC)CC1CCNCC1. The van der Waals surface area contributed by atoms with Gasteiger partial charge >= 0.3 is 0 Å². The van der Waals surface area contributed by atoms with Crippen LogP contribution in [-0.2, 0) is 0 Å². The Kier molecular flexibility index (Phi) is 5.20. The number of rotatable bonds is 5. The molecule has 14 heavy (non-hydrogen) atoms. The molecule has 2 heteroatoms. The van der Waals surface area contributed by atoms with Gasteiger partial charge in [0.2, 0.25) is 0 Å². The fraction of sp³-hybridized carbons (Fsp3) is 0.833. The van der Waals surface area contributed by atoms with E-state index in [4.69, 9.17) is 0 Å². The molecule has 0 spiro atoms. The number of nitrogens with zero attached hydrogens (tertiary/aromatic N) is 1. The molecule has 1 atom stereocenters. The van der Waals surface area contributed by atoms with Crippen molar-refractivity contribution in [1.29, 1.82) is 0 Å². The van der Waals surface area contributed by atoms with Gasteiger partial charge in [0.25, 0.3) is 0 Å².